The Kier molecular flexibility index (Phi) is 5.25. The van der Waals surface area contributed by atoms with Crippen LogP contribution in [0, 0.1) is 5.92 Å². The Bertz CT molecular complexity index is 256. The molecule has 1 atom stereocenters. The zero-order valence-electron chi connectivity index (χ0n) is 9.87. The Labute approximate surface area is 96.4 Å². The number of nitrogens with one attached hydrogen (secondary N) is 1. The van der Waals surface area contributed by atoms with Crippen LogP contribution in [0.25, 0.3) is 0 Å². The molecule has 5 nitrogen and oxygen atoms in total. The lowest BCUT2D eigenvalue weighted by Gasteiger charge is -2.31. The lowest BCUT2D eigenvalue weighted by atomic mass is 9.97. The second-order valence-electron chi connectivity index (χ2n) is 4.11. The van der Waals surface area contributed by atoms with Crippen molar-refractivity contribution in [2.45, 2.75) is 26.2 Å². The Balaban J connectivity index is 2.43. The van der Waals surface area contributed by atoms with Crippen LogP contribution in [0.3, 0.4) is 0 Å². The molecular formula is C11H21N3O2. The number of amides is 2. The molecule has 1 fully saturated rings. The fraction of sp³-hybridized carbons (Fsp3) is 0.818. The van der Waals surface area contributed by atoms with Gasteiger partial charge in [-0.15, -0.1) is 0 Å². The van der Waals surface area contributed by atoms with E-state index >= 15 is 0 Å². The molecule has 1 heterocycles. The standard InChI is InChI=1S/C11H21N3O2/c1-2-10(15)14-7-3-4-9(8-14)11(16)13-6-5-12/h9H,2-8,12H2,1H3,(H,13,16). The highest BCUT2D eigenvalue weighted by molar-refractivity contribution is 5.81. The van der Waals surface area contributed by atoms with Crippen molar-refractivity contribution in [3.63, 3.8) is 0 Å². The number of hydrogen-bond acceptors (Lipinski definition) is 3. The predicted molar refractivity (Wildman–Crippen MR) is 61.7 cm³/mol. The molecule has 1 unspecified atom stereocenters. The molecule has 16 heavy (non-hydrogen) atoms. The van der Waals surface area contributed by atoms with E-state index in [0.717, 1.165) is 19.4 Å². The molecule has 0 aliphatic carbocycles. The number of rotatable bonds is 4. The van der Waals surface area contributed by atoms with E-state index in [1.54, 1.807) is 4.90 Å². The lowest BCUT2D eigenvalue weighted by molar-refractivity contribution is -0.135. The summed E-state index contributed by atoms with van der Waals surface area (Å²) in [6.45, 7) is 4.16. The quantitative estimate of drug-likeness (QED) is 0.693. The van der Waals surface area contributed by atoms with E-state index in [4.69, 9.17) is 5.73 Å². The first-order valence-corrected chi connectivity index (χ1v) is 5.94. The Morgan fingerprint density at radius 3 is 2.88 bits per heavy atom. The summed E-state index contributed by atoms with van der Waals surface area (Å²) >= 11 is 0. The van der Waals surface area contributed by atoms with E-state index in [1.165, 1.54) is 0 Å². The van der Waals surface area contributed by atoms with Gasteiger partial charge in [0.05, 0.1) is 5.92 Å². The predicted octanol–water partition coefficient (Wildman–Crippen LogP) is -0.290. The van der Waals surface area contributed by atoms with Crippen LogP contribution in [0.1, 0.15) is 26.2 Å². The first kappa shape index (κ1) is 13.0. The molecule has 0 saturated carbocycles. The van der Waals surface area contributed by atoms with Gasteiger partial charge in [0.15, 0.2) is 0 Å². The highest BCUT2D eigenvalue weighted by Crippen LogP contribution is 2.17. The highest BCUT2D eigenvalue weighted by atomic mass is 16.2. The molecule has 0 aromatic heterocycles. The summed E-state index contributed by atoms with van der Waals surface area (Å²) < 4.78 is 0. The number of hydrogen-bond donors (Lipinski definition) is 2. The third kappa shape index (κ3) is 3.48. The fourth-order valence-corrected chi connectivity index (χ4v) is 1.98. The van der Waals surface area contributed by atoms with Crippen molar-refractivity contribution in [1.29, 1.82) is 0 Å². The van der Waals surface area contributed by atoms with E-state index in [9.17, 15) is 9.59 Å². The van der Waals surface area contributed by atoms with Crippen LogP contribution in [0.5, 0.6) is 0 Å². The van der Waals surface area contributed by atoms with Gasteiger partial charge in [0.1, 0.15) is 0 Å². The van der Waals surface area contributed by atoms with Gasteiger partial charge < -0.3 is 16.0 Å². The van der Waals surface area contributed by atoms with Crippen LogP contribution in [0.2, 0.25) is 0 Å². The zero-order chi connectivity index (χ0) is 12.0. The number of carbonyl (C=O) groups is 2. The van der Waals surface area contributed by atoms with Crippen molar-refractivity contribution in [3.8, 4) is 0 Å². The van der Waals surface area contributed by atoms with Crippen molar-refractivity contribution in [2.75, 3.05) is 26.2 Å². The van der Waals surface area contributed by atoms with Crippen LogP contribution in [0.4, 0.5) is 0 Å². The largest absolute Gasteiger partial charge is 0.355 e. The maximum atomic E-state index is 11.7. The van der Waals surface area contributed by atoms with Crippen LogP contribution >= 0.6 is 0 Å². The second-order valence-corrected chi connectivity index (χ2v) is 4.11. The van der Waals surface area contributed by atoms with Gasteiger partial charge in [0.2, 0.25) is 11.8 Å². The van der Waals surface area contributed by atoms with Crippen LogP contribution in [-0.2, 0) is 9.59 Å². The van der Waals surface area contributed by atoms with Crippen molar-refractivity contribution in [1.82, 2.24) is 10.2 Å². The van der Waals surface area contributed by atoms with Crippen molar-refractivity contribution < 1.29 is 9.59 Å². The summed E-state index contributed by atoms with van der Waals surface area (Å²) in [5, 5.41) is 2.78. The first-order chi connectivity index (χ1) is 7.69. The van der Waals surface area contributed by atoms with Crippen molar-refractivity contribution >= 4 is 11.8 Å². The van der Waals surface area contributed by atoms with Crippen molar-refractivity contribution in [3.05, 3.63) is 0 Å². The Morgan fingerprint density at radius 2 is 2.25 bits per heavy atom. The molecule has 3 N–H and O–H groups in total. The van der Waals surface area contributed by atoms with Gasteiger partial charge in [-0.2, -0.15) is 0 Å². The normalized spacial score (nSPS) is 20.6. The summed E-state index contributed by atoms with van der Waals surface area (Å²) in [6, 6.07) is 0. The van der Waals surface area contributed by atoms with E-state index in [1.807, 2.05) is 6.92 Å². The van der Waals surface area contributed by atoms with Gasteiger partial charge in [-0.3, -0.25) is 9.59 Å². The molecule has 5 heteroatoms. The fourth-order valence-electron chi connectivity index (χ4n) is 1.98. The summed E-state index contributed by atoms with van der Waals surface area (Å²) in [5.74, 6) is 0.103. The van der Waals surface area contributed by atoms with Gasteiger partial charge in [0.25, 0.3) is 0 Å². The maximum Gasteiger partial charge on any atom is 0.224 e. The highest BCUT2D eigenvalue weighted by Gasteiger charge is 2.27. The maximum absolute atomic E-state index is 11.7. The molecule has 0 radical (unpaired) electrons. The summed E-state index contributed by atoms with van der Waals surface area (Å²) in [7, 11) is 0. The van der Waals surface area contributed by atoms with E-state index in [0.29, 0.717) is 26.1 Å². The topological polar surface area (TPSA) is 75.4 Å². The molecule has 0 spiro atoms. The molecule has 1 aliphatic heterocycles. The summed E-state index contributed by atoms with van der Waals surface area (Å²) in [6.07, 6.45) is 2.29. The van der Waals surface area contributed by atoms with E-state index < -0.39 is 0 Å². The minimum atomic E-state index is -0.0594. The summed E-state index contributed by atoms with van der Waals surface area (Å²) in [5.41, 5.74) is 5.32. The molecule has 2 amide bonds. The molecule has 1 aliphatic rings. The Morgan fingerprint density at radius 1 is 1.50 bits per heavy atom. The molecule has 0 aromatic rings. The Hall–Kier alpha value is -1.10. The number of piperidine rings is 1. The number of nitrogens with zero attached hydrogens (tertiary/aromatic N) is 1. The average molecular weight is 227 g/mol. The lowest BCUT2D eigenvalue weighted by Crippen LogP contribution is -2.46. The third-order valence-corrected chi connectivity index (χ3v) is 2.89. The number of likely N-dealkylation sites (tertiary alicyclic amines) is 1. The van der Waals surface area contributed by atoms with E-state index in [-0.39, 0.29) is 17.7 Å². The monoisotopic (exact) mass is 227 g/mol. The smallest absolute Gasteiger partial charge is 0.224 e. The zero-order valence-corrected chi connectivity index (χ0v) is 9.87. The molecule has 0 bridgehead atoms. The molecule has 92 valence electrons. The van der Waals surface area contributed by atoms with Gasteiger partial charge >= 0.3 is 0 Å². The van der Waals surface area contributed by atoms with E-state index in [2.05, 4.69) is 5.32 Å². The molecular weight excluding hydrogens is 206 g/mol. The SMILES string of the molecule is CCC(=O)N1CCCC(C(=O)NCCN)C1. The van der Waals surface area contributed by atoms with Gasteiger partial charge in [-0.25, -0.2) is 0 Å². The molecule has 0 aromatic carbocycles. The van der Waals surface area contributed by atoms with Gasteiger partial charge in [0, 0.05) is 32.6 Å². The summed E-state index contributed by atoms with van der Waals surface area (Å²) in [4.78, 5) is 25.0. The van der Waals surface area contributed by atoms with Crippen molar-refractivity contribution in [2.24, 2.45) is 11.7 Å². The van der Waals surface area contributed by atoms with Gasteiger partial charge in [-0.1, -0.05) is 6.92 Å². The minimum absolute atomic E-state index is 0.0269. The second kappa shape index (κ2) is 6.48. The molecule has 1 saturated heterocycles. The number of carbonyl (C=O) groups excluding carboxylic acids is 2. The third-order valence-electron chi connectivity index (χ3n) is 2.89. The number of nitrogens with two attached hydrogens (primary N) is 1. The first-order valence-electron chi connectivity index (χ1n) is 5.94. The minimum Gasteiger partial charge on any atom is -0.355 e. The van der Waals surface area contributed by atoms with Crippen LogP contribution in [0.15, 0.2) is 0 Å². The van der Waals surface area contributed by atoms with Crippen LogP contribution < -0.4 is 11.1 Å². The van der Waals surface area contributed by atoms with Crippen LogP contribution in [-0.4, -0.2) is 42.9 Å². The average Bonchev–Trinajstić information content (AvgIpc) is 2.35. The molecule has 1 rings (SSSR count). The van der Waals surface area contributed by atoms with Gasteiger partial charge in [-0.05, 0) is 12.8 Å².